The first-order valence-corrected chi connectivity index (χ1v) is 14.4. The molecule has 3 aromatic carbocycles. The van der Waals surface area contributed by atoms with Gasteiger partial charge >= 0.3 is 0 Å². The smallest absolute Gasteiger partial charge is 0.241 e. The lowest BCUT2D eigenvalue weighted by Gasteiger charge is -2.15. The van der Waals surface area contributed by atoms with Crippen molar-refractivity contribution in [2.24, 2.45) is 0 Å². The van der Waals surface area contributed by atoms with Crippen molar-refractivity contribution in [3.05, 3.63) is 96.1 Å². The van der Waals surface area contributed by atoms with Gasteiger partial charge < -0.3 is 5.32 Å². The maximum atomic E-state index is 12.7. The molecule has 192 valence electrons. The van der Waals surface area contributed by atoms with E-state index in [4.69, 9.17) is 0 Å². The van der Waals surface area contributed by atoms with Gasteiger partial charge in [-0.2, -0.15) is 0 Å². The van der Waals surface area contributed by atoms with Crippen LogP contribution >= 0.6 is 11.8 Å². The zero-order valence-electron chi connectivity index (χ0n) is 20.4. The zero-order chi connectivity index (χ0) is 26.1. The zero-order valence-corrected chi connectivity index (χ0v) is 22.1. The number of rotatable bonds is 12. The summed E-state index contributed by atoms with van der Waals surface area (Å²) >= 11 is 1.47. The van der Waals surface area contributed by atoms with E-state index in [9.17, 15) is 13.2 Å². The summed E-state index contributed by atoms with van der Waals surface area (Å²) in [6.45, 7) is 2.31. The minimum atomic E-state index is -3.65. The first-order chi connectivity index (χ1) is 17.9. The third-order valence-corrected chi connectivity index (χ3v) is 8.08. The summed E-state index contributed by atoms with van der Waals surface area (Å²) in [5.74, 6) is 1.31. The van der Waals surface area contributed by atoms with E-state index < -0.39 is 10.0 Å². The lowest BCUT2D eigenvalue weighted by Crippen LogP contribution is -2.27. The molecule has 0 unspecified atom stereocenters. The Morgan fingerprint density at radius 2 is 1.65 bits per heavy atom. The van der Waals surface area contributed by atoms with Crippen LogP contribution in [0.4, 0.5) is 0 Å². The molecule has 3 N–H and O–H groups in total. The molecule has 0 saturated carbocycles. The largest absolute Gasteiger partial charge is 0.355 e. The lowest BCUT2D eigenvalue weighted by atomic mass is 10.1. The normalized spacial score (nSPS) is 12.2. The number of carbonyl (C=O) groups is 1. The van der Waals surface area contributed by atoms with Crippen molar-refractivity contribution in [1.29, 1.82) is 0 Å². The highest BCUT2D eigenvalue weighted by molar-refractivity contribution is 7.99. The first kappa shape index (κ1) is 26.6. The van der Waals surface area contributed by atoms with Gasteiger partial charge in [0, 0.05) is 30.3 Å². The summed E-state index contributed by atoms with van der Waals surface area (Å²) in [6.07, 6.45) is 0.841. The topological polar surface area (TPSA) is 117 Å². The molecule has 0 aliphatic heterocycles. The number of hydrogen-bond acceptors (Lipinski definition) is 6. The van der Waals surface area contributed by atoms with Crippen LogP contribution in [0.5, 0.6) is 0 Å². The molecule has 0 saturated heterocycles. The summed E-state index contributed by atoms with van der Waals surface area (Å²) < 4.78 is 28.2. The number of aromatic amines is 1. The minimum absolute atomic E-state index is 0.0596. The lowest BCUT2D eigenvalue weighted by molar-refractivity contribution is -0.120. The monoisotopic (exact) mass is 535 g/mol. The quantitative estimate of drug-likeness (QED) is 0.183. The molecule has 1 atom stereocenters. The van der Waals surface area contributed by atoms with Crippen molar-refractivity contribution in [2.45, 2.75) is 35.9 Å². The summed E-state index contributed by atoms with van der Waals surface area (Å²) in [5, 5.41) is 10.7. The molecule has 0 aliphatic carbocycles. The Morgan fingerprint density at radius 3 is 2.35 bits per heavy atom. The fraction of sp³-hybridized carbons (Fsp3) is 0.222. The fourth-order valence-electron chi connectivity index (χ4n) is 3.66. The van der Waals surface area contributed by atoms with E-state index in [0.29, 0.717) is 36.1 Å². The van der Waals surface area contributed by atoms with Crippen LogP contribution in [-0.2, 0) is 21.2 Å². The van der Waals surface area contributed by atoms with E-state index >= 15 is 0 Å². The average Bonchev–Trinajstić information content (AvgIpc) is 3.40. The van der Waals surface area contributed by atoms with Crippen LogP contribution in [0.2, 0.25) is 0 Å². The molecule has 8 nitrogen and oxygen atoms in total. The van der Waals surface area contributed by atoms with Crippen molar-refractivity contribution in [1.82, 2.24) is 25.2 Å². The Balaban J connectivity index is 1.18. The number of nitrogens with zero attached hydrogens (tertiary/aromatic N) is 2. The minimum Gasteiger partial charge on any atom is -0.355 e. The molecule has 0 aliphatic rings. The van der Waals surface area contributed by atoms with Crippen molar-refractivity contribution in [3.8, 4) is 11.4 Å². The Morgan fingerprint density at radius 1 is 0.973 bits per heavy atom. The highest BCUT2D eigenvalue weighted by Crippen LogP contribution is 2.19. The van der Waals surface area contributed by atoms with E-state index in [1.54, 1.807) is 24.3 Å². The van der Waals surface area contributed by atoms with Gasteiger partial charge in [0.05, 0.1) is 4.90 Å². The Hall–Kier alpha value is -3.47. The van der Waals surface area contributed by atoms with E-state index in [0.717, 1.165) is 16.7 Å². The number of hydrogen-bond donors (Lipinski definition) is 3. The average molecular weight is 536 g/mol. The first-order valence-electron chi connectivity index (χ1n) is 11.9. The molecule has 1 heterocycles. The third-order valence-electron chi connectivity index (χ3n) is 5.67. The molecule has 0 spiro atoms. The molecular weight excluding hydrogens is 506 g/mol. The Bertz CT molecular complexity index is 1390. The standard InChI is InChI=1S/C27H29N5O3S2/c1-20(22-8-4-2-5-9-22)32-37(34,35)24-15-12-21(13-16-24)14-17-25(33)28-18-19-36-27-29-26(30-31-27)23-10-6-3-7-11-23/h2-13,15-16,20,32H,14,17-19H2,1H3,(H,28,33)(H,29,30,31)/t20-/m1/s1. The molecule has 4 rings (SSSR count). The molecular formula is C27H29N5O3S2. The maximum Gasteiger partial charge on any atom is 0.241 e. The fourth-order valence-corrected chi connectivity index (χ4v) is 5.55. The van der Waals surface area contributed by atoms with E-state index in [1.165, 1.54) is 11.8 Å². The number of aryl methyl sites for hydroxylation is 1. The van der Waals surface area contributed by atoms with E-state index in [1.807, 2.05) is 67.6 Å². The number of benzene rings is 3. The second-order valence-corrected chi connectivity index (χ2v) is 11.2. The van der Waals surface area contributed by atoms with Crippen molar-refractivity contribution in [3.63, 3.8) is 0 Å². The molecule has 37 heavy (non-hydrogen) atoms. The number of nitrogens with one attached hydrogen (secondary N) is 3. The maximum absolute atomic E-state index is 12.7. The molecule has 4 aromatic rings. The van der Waals surface area contributed by atoms with Crippen LogP contribution in [0.3, 0.4) is 0 Å². The van der Waals surface area contributed by atoms with Gasteiger partial charge in [-0.3, -0.25) is 9.89 Å². The molecule has 0 bridgehead atoms. The SMILES string of the molecule is C[C@@H](NS(=O)(=O)c1ccc(CCC(=O)NCCSc2n[nH]c(-c3ccccc3)n2)cc1)c1ccccc1. The second-order valence-electron chi connectivity index (χ2n) is 8.43. The van der Waals surface area contributed by atoms with Crippen LogP contribution in [0.15, 0.2) is 95.0 Å². The van der Waals surface area contributed by atoms with Gasteiger partial charge in [-0.05, 0) is 36.6 Å². The van der Waals surface area contributed by atoms with E-state index in [-0.39, 0.29) is 16.8 Å². The van der Waals surface area contributed by atoms with Gasteiger partial charge in [0.25, 0.3) is 0 Å². The number of carbonyl (C=O) groups excluding carboxylic acids is 1. The summed E-state index contributed by atoms with van der Waals surface area (Å²) in [7, 11) is -3.65. The van der Waals surface area contributed by atoms with Gasteiger partial charge in [0.15, 0.2) is 5.82 Å². The van der Waals surface area contributed by atoms with Crippen LogP contribution in [0.1, 0.15) is 30.5 Å². The summed E-state index contributed by atoms with van der Waals surface area (Å²) in [5.41, 5.74) is 2.76. The van der Waals surface area contributed by atoms with Gasteiger partial charge in [-0.25, -0.2) is 18.1 Å². The van der Waals surface area contributed by atoms with E-state index in [2.05, 4.69) is 25.2 Å². The number of aromatic nitrogens is 3. The number of sulfonamides is 1. The number of amides is 1. The van der Waals surface area contributed by atoms with Crippen molar-refractivity contribution >= 4 is 27.7 Å². The van der Waals surface area contributed by atoms with Crippen molar-refractivity contribution in [2.75, 3.05) is 12.3 Å². The molecule has 1 aromatic heterocycles. The third kappa shape index (κ3) is 7.75. The predicted molar refractivity (Wildman–Crippen MR) is 145 cm³/mol. The van der Waals surface area contributed by atoms with Crippen LogP contribution < -0.4 is 10.0 Å². The Labute approximate surface area is 221 Å². The molecule has 0 fully saturated rings. The molecule has 0 radical (unpaired) electrons. The second kappa shape index (κ2) is 12.7. The van der Waals surface area contributed by atoms with Gasteiger partial charge in [0.1, 0.15) is 0 Å². The van der Waals surface area contributed by atoms with Gasteiger partial charge in [0.2, 0.25) is 21.1 Å². The predicted octanol–water partition coefficient (Wildman–Crippen LogP) is 4.35. The van der Waals surface area contributed by atoms with Crippen LogP contribution in [0, 0.1) is 0 Å². The summed E-state index contributed by atoms with van der Waals surface area (Å²) in [6, 6.07) is 25.5. The number of thioether (sulfide) groups is 1. The highest BCUT2D eigenvalue weighted by atomic mass is 32.2. The molecule has 1 amide bonds. The van der Waals surface area contributed by atoms with Gasteiger partial charge in [-0.1, -0.05) is 84.6 Å². The number of H-pyrrole nitrogens is 1. The highest BCUT2D eigenvalue weighted by Gasteiger charge is 2.18. The van der Waals surface area contributed by atoms with Crippen LogP contribution in [-0.4, -0.2) is 41.8 Å². The van der Waals surface area contributed by atoms with Gasteiger partial charge in [-0.15, -0.1) is 5.10 Å². The van der Waals surface area contributed by atoms with Crippen LogP contribution in [0.25, 0.3) is 11.4 Å². The van der Waals surface area contributed by atoms with Crippen molar-refractivity contribution < 1.29 is 13.2 Å². The Kier molecular flexibility index (Phi) is 9.10. The molecule has 10 heteroatoms. The summed E-state index contributed by atoms with van der Waals surface area (Å²) in [4.78, 5) is 16.9.